The Hall–Kier alpha value is -2.86. The third-order valence-electron chi connectivity index (χ3n) is 4.82. The van der Waals surface area contributed by atoms with E-state index >= 15 is 0 Å². The Morgan fingerprint density at radius 2 is 1.65 bits per heavy atom. The van der Waals surface area contributed by atoms with Gasteiger partial charge in [0.25, 0.3) is 0 Å². The van der Waals surface area contributed by atoms with Crippen molar-refractivity contribution in [1.82, 2.24) is 9.55 Å². The van der Waals surface area contributed by atoms with E-state index in [0.29, 0.717) is 22.5 Å². The highest BCUT2D eigenvalue weighted by atomic mass is 32.2. The van der Waals surface area contributed by atoms with Crippen LogP contribution in [0, 0.1) is 6.57 Å². The molecule has 0 fully saturated rings. The number of alkyl halides is 3. The lowest BCUT2D eigenvalue weighted by Crippen LogP contribution is -2.20. The molecular formula is C22H22F3N3O2S. The number of fused-ring (bicyclic) bond motifs is 1. The van der Waals surface area contributed by atoms with Crippen LogP contribution in [0.3, 0.4) is 0 Å². The quantitative estimate of drug-likeness (QED) is 0.445. The summed E-state index contributed by atoms with van der Waals surface area (Å²) in [4.78, 5) is 7.92. The molecule has 0 aliphatic heterocycles. The van der Waals surface area contributed by atoms with Gasteiger partial charge in [0.1, 0.15) is 5.82 Å². The number of rotatable bonds is 5. The summed E-state index contributed by atoms with van der Waals surface area (Å²) in [6.45, 7) is 12.8. The minimum Gasteiger partial charge on any atom is -0.328 e. The first-order chi connectivity index (χ1) is 14.3. The Bertz CT molecular complexity index is 1250. The maximum atomic E-state index is 13.0. The zero-order chi connectivity index (χ0) is 23.0. The molecule has 0 saturated carbocycles. The van der Waals surface area contributed by atoms with E-state index < -0.39 is 27.8 Å². The highest BCUT2D eigenvalue weighted by Gasteiger charge is 2.28. The second kappa shape index (κ2) is 8.00. The molecule has 9 heteroatoms. The van der Waals surface area contributed by atoms with E-state index in [-0.39, 0.29) is 22.8 Å². The van der Waals surface area contributed by atoms with Crippen molar-refractivity contribution in [2.24, 2.45) is 0 Å². The Balaban J connectivity index is 2.05. The van der Waals surface area contributed by atoms with Crippen LogP contribution < -0.4 is 0 Å². The van der Waals surface area contributed by atoms with Crippen molar-refractivity contribution in [2.45, 2.75) is 61.5 Å². The lowest BCUT2D eigenvalue weighted by atomic mass is 9.95. The second-order valence-corrected chi connectivity index (χ2v) is 10.3. The molecule has 164 valence electrons. The van der Waals surface area contributed by atoms with Crippen molar-refractivity contribution in [2.75, 3.05) is 0 Å². The standard InChI is InChI=1S/C22H22F3N3O2S/c1-21(2,3)20-27-18-14-17(31(29,30)16-8-6-15(26-4)7-9-16)10-11-19(18)28(20)13-5-12-22(23,24)25/h6-11,14H,5,12-13H2,1-3H3. The maximum Gasteiger partial charge on any atom is 0.389 e. The van der Waals surface area contributed by atoms with Crippen LogP contribution >= 0.6 is 0 Å². The SMILES string of the molecule is [C-]#[N+]c1ccc(S(=O)(=O)c2ccc3c(c2)nc(C(C)(C)C)n3CCCC(F)(F)F)cc1. The zero-order valence-electron chi connectivity index (χ0n) is 17.4. The maximum absolute atomic E-state index is 13.0. The molecule has 0 spiro atoms. The first-order valence-electron chi connectivity index (χ1n) is 9.63. The van der Waals surface area contributed by atoms with Gasteiger partial charge in [-0.15, -0.1) is 0 Å². The molecule has 0 atom stereocenters. The molecule has 0 unspecified atom stereocenters. The fourth-order valence-electron chi connectivity index (χ4n) is 3.35. The molecule has 0 aliphatic rings. The van der Waals surface area contributed by atoms with Gasteiger partial charge in [-0.3, -0.25) is 0 Å². The molecule has 2 aromatic carbocycles. The number of imidazole rings is 1. The van der Waals surface area contributed by atoms with Gasteiger partial charge < -0.3 is 4.57 Å². The summed E-state index contributed by atoms with van der Waals surface area (Å²) in [5, 5.41) is 0. The minimum atomic E-state index is -4.23. The van der Waals surface area contributed by atoms with E-state index in [4.69, 9.17) is 6.57 Å². The van der Waals surface area contributed by atoms with Crippen molar-refractivity contribution < 1.29 is 21.6 Å². The van der Waals surface area contributed by atoms with Crippen LogP contribution in [-0.2, 0) is 21.8 Å². The van der Waals surface area contributed by atoms with Gasteiger partial charge in [-0.25, -0.2) is 18.2 Å². The van der Waals surface area contributed by atoms with Crippen LogP contribution in [0.1, 0.15) is 39.4 Å². The van der Waals surface area contributed by atoms with Gasteiger partial charge in [-0.05, 0) is 24.6 Å². The number of nitrogens with zero attached hydrogens (tertiary/aromatic N) is 3. The average Bonchev–Trinajstić information content (AvgIpc) is 3.05. The second-order valence-electron chi connectivity index (χ2n) is 8.32. The third-order valence-corrected chi connectivity index (χ3v) is 6.59. The van der Waals surface area contributed by atoms with Gasteiger partial charge in [-0.2, -0.15) is 13.2 Å². The highest BCUT2D eigenvalue weighted by molar-refractivity contribution is 7.91. The molecule has 0 bridgehead atoms. The molecule has 5 nitrogen and oxygen atoms in total. The van der Waals surface area contributed by atoms with E-state index in [2.05, 4.69) is 9.83 Å². The van der Waals surface area contributed by atoms with E-state index in [1.165, 1.54) is 36.4 Å². The molecular weight excluding hydrogens is 427 g/mol. The lowest BCUT2D eigenvalue weighted by Gasteiger charge is -2.20. The van der Waals surface area contributed by atoms with E-state index in [0.717, 1.165) is 0 Å². The summed E-state index contributed by atoms with van der Waals surface area (Å²) < 4.78 is 65.6. The molecule has 1 aromatic heterocycles. The first-order valence-corrected chi connectivity index (χ1v) is 11.1. The van der Waals surface area contributed by atoms with Gasteiger partial charge in [-0.1, -0.05) is 45.0 Å². The molecule has 31 heavy (non-hydrogen) atoms. The number of sulfone groups is 1. The average molecular weight is 449 g/mol. The molecule has 0 aliphatic carbocycles. The summed E-state index contributed by atoms with van der Waals surface area (Å²) in [6, 6.07) is 10.1. The van der Waals surface area contributed by atoms with Gasteiger partial charge in [0.15, 0.2) is 5.69 Å². The van der Waals surface area contributed by atoms with Crippen LogP contribution in [0.15, 0.2) is 52.3 Å². The van der Waals surface area contributed by atoms with Gasteiger partial charge in [0, 0.05) is 18.4 Å². The predicted octanol–water partition coefficient (Wildman–Crippen LogP) is 6.06. The highest BCUT2D eigenvalue weighted by Crippen LogP contribution is 2.31. The van der Waals surface area contributed by atoms with Crippen LogP contribution in [0.4, 0.5) is 18.9 Å². The molecule has 0 radical (unpaired) electrons. The molecule has 0 N–H and O–H groups in total. The Morgan fingerprint density at radius 1 is 1.03 bits per heavy atom. The first kappa shape index (κ1) is 22.8. The van der Waals surface area contributed by atoms with Crippen molar-refractivity contribution in [3.05, 3.63) is 59.7 Å². The summed E-state index contributed by atoms with van der Waals surface area (Å²) in [5.74, 6) is 0.598. The van der Waals surface area contributed by atoms with Crippen molar-refractivity contribution in [3.8, 4) is 0 Å². The third kappa shape index (κ3) is 4.90. The molecule has 3 aromatic rings. The number of halogens is 3. The zero-order valence-corrected chi connectivity index (χ0v) is 18.2. The summed E-state index contributed by atoms with van der Waals surface area (Å²) in [7, 11) is -3.83. The predicted molar refractivity (Wildman–Crippen MR) is 112 cm³/mol. The van der Waals surface area contributed by atoms with Crippen LogP contribution in [0.2, 0.25) is 0 Å². The van der Waals surface area contributed by atoms with E-state index in [9.17, 15) is 21.6 Å². The van der Waals surface area contributed by atoms with E-state index in [1.807, 2.05) is 20.8 Å². The fourth-order valence-corrected chi connectivity index (χ4v) is 4.63. The van der Waals surface area contributed by atoms with Crippen LogP contribution in [0.5, 0.6) is 0 Å². The van der Waals surface area contributed by atoms with Crippen molar-refractivity contribution in [1.29, 1.82) is 0 Å². The summed E-state index contributed by atoms with van der Waals surface area (Å²) in [6.07, 6.45) is -5.23. The number of hydrogen-bond acceptors (Lipinski definition) is 3. The lowest BCUT2D eigenvalue weighted by molar-refractivity contribution is -0.135. The number of aromatic nitrogens is 2. The van der Waals surface area contributed by atoms with Crippen molar-refractivity contribution in [3.63, 3.8) is 0 Å². The monoisotopic (exact) mass is 449 g/mol. The summed E-state index contributed by atoms with van der Waals surface area (Å²) in [5.41, 5.74) is 0.901. The molecule has 3 rings (SSSR count). The topological polar surface area (TPSA) is 56.3 Å². The van der Waals surface area contributed by atoms with Gasteiger partial charge in [0.2, 0.25) is 9.84 Å². The molecule has 0 saturated heterocycles. The Kier molecular flexibility index (Phi) is 5.89. The van der Waals surface area contributed by atoms with E-state index in [1.54, 1.807) is 10.6 Å². The molecule has 1 heterocycles. The normalized spacial score (nSPS) is 12.8. The number of aryl methyl sites for hydroxylation is 1. The number of hydrogen-bond donors (Lipinski definition) is 0. The van der Waals surface area contributed by atoms with Gasteiger partial charge in [0.05, 0.1) is 27.4 Å². The van der Waals surface area contributed by atoms with Gasteiger partial charge >= 0.3 is 6.18 Å². The molecule has 0 amide bonds. The van der Waals surface area contributed by atoms with Crippen LogP contribution in [0.25, 0.3) is 15.9 Å². The van der Waals surface area contributed by atoms with Crippen LogP contribution in [-0.4, -0.2) is 24.1 Å². The smallest absolute Gasteiger partial charge is 0.328 e. The Morgan fingerprint density at radius 3 is 2.19 bits per heavy atom. The largest absolute Gasteiger partial charge is 0.389 e. The summed E-state index contributed by atoms with van der Waals surface area (Å²) >= 11 is 0. The van der Waals surface area contributed by atoms with Crippen molar-refractivity contribution >= 4 is 26.6 Å². The fraction of sp³-hybridized carbons (Fsp3) is 0.364. The number of benzene rings is 2. The Labute approximate surface area is 179 Å². The minimum absolute atomic E-state index is 0.0379.